The van der Waals surface area contributed by atoms with Crippen LogP contribution in [0.3, 0.4) is 0 Å². The molecule has 2 aliphatic rings. The Morgan fingerprint density at radius 1 is 0.931 bits per heavy atom. The number of benzene rings is 2. The summed E-state index contributed by atoms with van der Waals surface area (Å²) in [6.07, 6.45) is 4.97. The molecule has 148 valence electrons. The highest BCUT2D eigenvalue weighted by atomic mass is 16.5. The lowest BCUT2D eigenvalue weighted by Crippen LogP contribution is -2.44. The Morgan fingerprint density at radius 3 is 2.07 bits per heavy atom. The lowest BCUT2D eigenvalue weighted by molar-refractivity contribution is -0.159. The smallest absolute Gasteiger partial charge is 0.329 e. The van der Waals surface area contributed by atoms with E-state index in [9.17, 15) is 14.4 Å². The zero-order chi connectivity index (χ0) is 20.4. The second-order valence-electron chi connectivity index (χ2n) is 7.55. The largest absolute Gasteiger partial charge is 0.459 e. The molecule has 4 rings (SSSR count). The Bertz CT molecular complexity index is 923. The van der Waals surface area contributed by atoms with Gasteiger partial charge in [-0.3, -0.25) is 14.5 Å². The van der Waals surface area contributed by atoms with Crippen LogP contribution in [0.4, 0.5) is 0 Å². The van der Waals surface area contributed by atoms with Gasteiger partial charge in [-0.15, -0.1) is 0 Å². The maximum atomic E-state index is 12.6. The number of ether oxygens (including phenoxy) is 1. The van der Waals surface area contributed by atoms with Gasteiger partial charge in [0.05, 0.1) is 11.8 Å². The molecule has 5 heteroatoms. The maximum Gasteiger partial charge on any atom is 0.329 e. The first-order valence-corrected chi connectivity index (χ1v) is 9.89. The Kier molecular flexibility index (Phi) is 5.30. The average molecular weight is 389 g/mol. The van der Waals surface area contributed by atoms with Gasteiger partial charge in [0.15, 0.2) is 0 Å². The van der Waals surface area contributed by atoms with E-state index >= 15 is 0 Å². The Balaban J connectivity index is 1.37. The molecule has 0 spiro atoms. The summed E-state index contributed by atoms with van der Waals surface area (Å²) in [4.78, 5) is 38.8. The average Bonchev–Trinajstić information content (AvgIpc) is 3.03. The maximum absolute atomic E-state index is 12.6. The molecule has 3 atom stereocenters. The summed E-state index contributed by atoms with van der Waals surface area (Å²) in [7, 11) is 0. The van der Waals surface area contributed by atoms with Gasteiger partial charge < -0.3 is 4.74 Å². The minimum atomic E-state index is -0.913. The fourth-order valence-electron chi connectivity index (χ4n) is 4.01. The van der Waals surface area contributed by atoms with Crippen LogP contribution in [0.5, 0.6) is 0 Å². The number of allylic oxidation sites excluding steroid dienone is 2. The lowest BCUT2D eigenvalue weighted by atomic mass is 9.85. The van der Waals surface area contributed by atoms with Crippen molar-refractivity contribution in [3.05, 3.63) is 72.3 Å². The number of likely N-dealkylation sites (tertiary alicyclic amines) is 1. The number of nitrogens with zero attached hydrogens (tertiary/aromatic N) is 1. The van der Waals surface area contributed by atoms with Gasteiger partial charge in [-0.05, 0) is 36.5 Å². The van der Waals surface area contributed by atoms with E-state index in [0.29, 0.717) is 12.8 Å². The molecule has 2 amide bonds. The van der Waals surface area contributed by atoms with Gasteiger partial charge in [0, 0.05) is 0 Å². The van der Waals surface area contributed by atoms with Crippen LogP contribution in [0.15, 0.2) is 66.7 Å². The van der Waals surface area contributed by atoms with Gasteiger partial charge in [0.25, 0.3) is 0 Å². The van der Waals surface area contributed by atoms with Crippen molar-refractivity contribution >= 4 is 17.8 Å². The fourth-order valence-corrected chi connectivity index (χ4v) is 4.01. The van der Waals surface area contributed by atoms with Gasteiger partial charge in [-0.2, -0.15) is 0 Å². The Labute approximate surface area is 170 Å². The number of amides is 2. The van der Waals surface area contributed by atoms with Crippen molar-refractivity contribution in [2.75, 3.05) is 0 Å². The molecule has 0 N–H and O–H groups in total. The predicted octanol–water partition coefficient (Wildman–Crippen LogP) is 3.74. The van der Waals surface area contributed by atoms with Crippen LogP contribution in [-0.4, -0.2) is 28.7 Å². The highest BCUT2D eigenvalue weighted by Gasteiger charge is 2.50. The molecule has 1 heterocycles. The van der Waals surface area contributed by atoms with Crippen LogP contribution in [0.25, 0.3) is 11.1 Å². The summed E-state index contributed by atoms with van der Waals surface area (Å²) in [6.45, 7) is 1.66. The van der Waals surface area contributed by atoms with E-state index in [2.05, 4.69) is 0 Å². The number of carbonyl (C=O) groups is 3. The molecule has 0 bridgehead atoms. The minimum Gasteiger partial charge on any atom is -0.459 e. The van der Waals surface area contributed by atoms with Crippen molar-refractivity contribution in [3.8, 4) is 11.1 Å². The third-order valence-corrected chi connectivity index (χ3v) is 5.71. The van der Waals surface area contributed by atoms with Crippen molar-refractivity contribution in [2.24, 2.45) is 11.8 Å². The summed E-state index contributed by atoms with van der Waals surface area (Å²) in [5.41, 5.74) is 3.05. The van der Waals surface area contributed by atoms with E-state index in [-0.39, 0.29) is 30.3 Å². The van der Waals surface area contributed by atoms with E-state index in [1.54, 1.807) is 6.92 Å². The van der Waals surface area contributed by atoms with Gasteiger partial charge in [0.1, 0.15) is 12.6 Å². The topological polar surface area (TPSA) is 63.7 Å². The van der Waals surface area contributed by atoms with Gasteiger partial charge in [-0.25, -0.2) is 4.79 Å². The molecule has 0 saturated carbocycles. The molecule has 2 aromatic rings. The third-order valence-electron chi connectivity index (χ3n) is 5.71. The molecule has 2 aromatic carbocycles. The monoisotopic (exact) mass is 389 g/mol. The van der Waals surface area contributed by atoms with E-state index in [1.165, 1.54) is 0 Å². The first-order valence-electron chi connectivity index (χ1n) is 9.89. The van der Waals surface area contributed by atoms with Gasteiger partial charge in [-0.1, -0.05) is 66.7 Å². The lowest BCUT2D eigenvalue weighted by Gasteiger charge is -2.21. The van der Waals surface area contributed by atoms with Crippen molar-refractivity contribution in [1.82, 2.24) is 4.90 Å². The van der Waals surface area contributed by atoms with E-state index < -0.39 is 12.0 Å². The molecular formula is C24H23NO4. The van der Waals surface area contributed by atoms with E-state index in [0.717, 1.165) is 21.6 Å². The fraction of sp³-hybridized carbons (Fsp3) is 0.292. The van der Waals surface area contributed by atoms with Crippen LogP contribution in [0.2, 0.25) is 0 Å². The molecule has 0 aromatic heterocycles. The zero-order valence-corrected chi connectivity index (χ0v) is 16.3. The molecule has 0 radical (unpaired) electrons. The molecule has 0 unspecified atom stereocenters. The molecule has 29 heavy (non-hydrogen) atoms. The first kappa shape index (κ1) is 19.1. The van der Waals surface area contributed by atoms with Crippen molar-refractivity contribution in [1.29, 1.82) is 0 Å². The SMILES string of the molecule is C[C@@H](C(=O)OCc1ccc(-c2ccccc2)cc1)N1C(=O)[C@H]2CC=CC[C@H]2C1=O. The summed E-state index contributed by atoms with van der Waals surface area (Å²) in [5, 5.41) is 0. The molecular weight excluding hydrogens is 366 g/mol. The molecule has 1 fully saturated rings. The number of esters is 1. The standard InChI is InChI=1S/C24H23NO4/c1-16(25-22(26)20-9-5-6-10-21(20)23(25)27)24(28)29-15-17-11-13-19(14-12-17)18-7-3-2-4-8-18/h2-8,11-14,16,20-21H,9-10,15H2,1H3/t16-,20-,21+/m0/s1. The van der Waals surface area contributed by atoms with Crippen LogP contribution in [-0.2, 0) is 25.7 Å². The molecule has 5 nitrogen and oxygen atoms in total. The quantitative estimate of drug-likeness (QED) is 0.444. The number of fused-ring (bicyclic) bond motifs is 1. The third kappa shape index (κ3) is 3.73. The minimum absolute atomic E-state index is 0.100. The molecule has 1 saturated heterocycles. The van der Waals surface area contributed by atoms with Gasteiger partial charge >= 0.3 is 5.97 Å². The van der Waals surface area contributed by atoms with E-state index in [4.69, 9.17) is 4.74 Å². The number of carbonyl (C=O) groups excluding carboxylic acids is 3. The van der Waals surface area contributed by atoms with Crippen molar-refractivity contribution < 1.29 is 19.1 Å². The Hall–Kier alpha value is -3.21. The normalized spacial score (nSPS) is 21.8. The van der Waals surface area contributed by atoms with Crippen LogP contribution < -0.4 is 0 Å². The summed E-state index contributed by atoms with van der Waals surface area (Å²) in [5.74, 6) is -1.77. The van der Waals surface area contributed by atoms with E-state index in [1.807, 2.05) is 66.7 Å². The predicted molar refractivity (Wildman–Crippen MR) is 108 cm³/mol. The summed E-state index contributed by atoms with van der Waals surface area (Å²) < 4.78 is 5.40. The molecule has 1 aliphatic heterocycles. The van der Waals surface area contributed by atoms with Crippen LogP contribution >= 0.6 is 0 Å². The summed E-state index contributed by atoms with van der Waals surface area (Å²) in [6, 6.07) is 16.9. The molecule has 1 aliphatic carbocycles. The van der Waals surface area contributed by atoms with Crippen LogP contribution in [0.1, 0.15) is 25.3 Å². The van der Waals surface area contributed by atoms with Gasteiger partial charge in [0.2, 0.25) is 11.8 Å². The second kappa shape index (κ2) is 8.03. The number of rotatable bonds is 5. The van der Waals surface area contributed by atoms with Crippen molar-refractivity contribution in [2.45, 2.75) is 32.4 Å². The van der Waals surface area contributed by atoms with Crippen LogP contribution in [0, 0.1) is 11.8 Å². The number of hydrogen-bond acceptors (Lipinski definition) is 4. The highest BCUT2D eigenvalue weighted by molar-refractivity contribution is 6.08. The highest BCUT2D eigenvalue weighted by Crippen LogP contribution is 2.36. The second-order valence-corrected chi connectivity index (χ2v) is 7.55. The number of hydrogen-bond donors (Lipinski definition) is 0. The van der Waals surface area contributed by atoms with Crippen molar-refractivity contribution in [3.63, 3.8) is 0 Å². The number of imide groups is 1. The first-order chi connectivity index (χ1) is 14.1. The summed E-state index contributed by atoms with van der Waals surface area (Å²) >= 11 is 0. The zero-order valence-electron chi connectivity index (χ0n) is 16.3. The Morgan fingerprint density at radius 2 is 1.48 bits per heavy atom.